The molecule has 0 fully saturated rings. The molecule has 6 nitrogen and oxygen atoms in total. The lowest BCUT2D eigenvalue weighted by Crippen LogP contribution is -3.00. The van der Waals surface area contributed by atoms with Crippen LogP contribution in [-0.4, -0.2) is 64.0 Å². The number of carbonyl (C=O) groups excluding carboxylic acids is 2. The number of esters is 1. The number of rotatable bonds is 7. The van der Waals surface area contributed by atoms with Crippen molar-refractivity contribution in [3.05, 3.63) is 59.7 Å². The topological polar surface area (TPSA) is 64.6 Å². The molecule has 0 heterocycles. The highest BCUT2D eigenvalue weighted by Crippen LogP contribution is 2.44. The van der Waals surface area contributed by atoms with Gasteiger partial charge < -0.3 is 43.3 Å². The average molecular weight is 510 g/mol. The zero-order valence-electron chi connectivity index (χ0n) is 17.0. The molecule has 0 aromatic heterocycles. The van der Waals surface area contributed by atoms with E-state index in [9.17, 15) is 9.59 Å². The van der Waals surface area contributed by atoms with Gasteiger partial charge in [-0.25, -0.2) is 4.79 Å². The molecule has 0 saturated carbocycles. The number of likely N-dealkylation sites (N-methyl/N-ethyl adjacent to an activating group) is 1. The van der Waals surface area contributed by atoms with Crippen LogP contribution in [0.25, 0.3) is 11.1 Å². The highest BCUT2D eigenvalue weighted by atomic mass is 127. The first-order chi connectivity index (χ1) is 13.3. The number of nitrogens with zero attached hydrogens (tertiary/aromatic N) is 1. The van der Waals surface area contributed by atoms with Gasteiger partial charge in [0.2, 0.25) is 0 Å². The Morgan fingerprint density at radius 1 is 0.931 bits per heavy atom. The van der Waals surface area contributed by atoms with Gasteiger partial charge in [0.15, 0.2) is 0 Å². The van der Waals surface area contributed by atoms with Crippen molar-refractivity contribution in [2.75, 3.05) is 47.4 Å². The van der Waals surface area contributed by atoms with Gasteiger partial charge in [-0.05, 0) is 22.3 Å². The summed E-state index contributed by atoms with van der Waals surface area (Å²) in [6.07, 6.45) is -0.620. The lowest BCUT2D eigenvalue weighted by molar-refractivity contribution is -0.870. The number of amides is 1. The molecule has 2 aromatic carbocycles. The number of quaternary nitrogens is 1. The zero-order chi connectivity index (χ0) is 20.1. The summed E-state index contributed by atoms with van der Waals surface area (Å²) in [6.45, 7) is 1.04. The Bertz CT molecular complexity index is 818. The molecule has 0 radical (unpaired) electrons. The molecule has 2 aromatic rings. The van der Waals surface area contributed by atoms with Crippen molar-refractivity contribution in [3.63, 3.8) is 0 Å². The summed E-state index contributed by atoms with van der Waals surface area (Å²) >= 11 is 0. The van der Waals surface area contributed by atoms with Crippen LogP contribution in [-0.2, 0) is 14.3 Å². The summed E-state index contributed by atoms with van der Waals surface area (Å²) in [5.41, 5.74) is 4.65. The third-order valence-electron chi connectivity index (χ3n) is 4.75. The van der Waals surface area contributed by atoms with Crippen molar-refractivity contribution in [3.8, 4) is 11.1 Å². The molecule has 0 saturated heterocycles. The fourth-order valence-electron chi connectivity index (χ4n) is 3.28. The number of fused-ring (bicyclic) bond motifs is 3. The largest absolute Gasteiger partial charge is 1.00 e. The van der Waals surface area contributed by atoms with Crippen LogP contribution < -0.4 is 29.3 Å². The van der Waals surface area contributed by atoms with Crippen molar-refractivity contribution in [1.82, 2.24) is 5.32 Å². The van der Waals surface area contributed by atoms with Gasteiger partial charge in [-0.1, -0.05) is 48.5 Å². The van der Waals surface area contributed by atoms with Crippen LogP contribution in [0, 0.1) is 0 Å². The van der Waals surface area contributed by atoms with E-state index in [0.717, 1.165) is 11.1 Å². The third-order valence-corrected chi connectivity index (χ3v) is 4.75. The van der Waals surface area contributed by atoms with Crippen LogP contribution in [0.2, 0.25) is 0 Å². The quantitative estimate of drug-likeness (QED) is 0.318. The highest BCUT2D eigenvalue weighted by molar-refractivity contribution is 5.80. The maximum Gasteiger partial charge on any atom is 0.407 e. The minimum Gasteiger partial charge on any atom is -1.00 e. The third kappa shape index (κ3) is 6.17. The van der Waals surface area contributed by atoms with Crippen LogP contribution in [0.4, 0.5) is 4.79 Å². The number of halogens is 1. The predicted octanol–water partition coefficient (Wildman–Crippen LogP) is -0.221. The number of ether oxygens (including phenoxy) is 2. The molecule has 1 aliphatic rings. The van der Waals surface area contributed by atoms with Crippen LogP contribution in [0.1, 0.15) is 17.0 Å². The minimum absolute atomic E-state index is 0. The van der Waals surface area contributed by atoms with E-state index < -0.39 is 12.1 Å². The summed E-state index contributed by atoms with van der Waals surface area (Å²) in [7, 11) is 6.05. The first-order valence-electron chi connectivity index (χ1n) is 9.40. The fourth-order valence-corrected chi connectivity index (χ4v) is 3.28. The number of hydrogen-bond donors (Lipinski definition) is 1. The summed E-state index contributed by atoms with van der Waals surface area (Å²) in [6, 6.07) is 16.3. The molecule has 29 heavy (non-hydrogen) atoms. The summed E-state index contributed by atoms with van der Waals surface area (Å²) in [5.74, 6) is -0.475. The molecule has 0 unspecified atom stereocenters. The molecular formula is C22H27IN2O4. The van der Waals surface area contributed by atoms with Crippen molar-refractivity contribution < 1.29 is 47.5 Å². The van der Waals surface area contributed by atoms with Gasteiger partial charge in [0.25, 0.3) is 0 Å². The average Bonchev–Trinajstić information content (AvgIpc) is 2.98. The predicted molar refractivity (Wildman–Crippen MR) is 107 cm³/mol. The van der Waals surface area contributed by atoms with Gasteiger partial charge in [0, 0.05) is 5.92 Å². The van der Waals surface area contributed by atoms with E-state index in [2.05, 4.69) is 29.6 Å². The summed E-state index contributed by atoms with van der Waals surface area (Å²) in [5, 5.41) is 2.46. The molecule has 0 atom stereocenters. The Hall–Kier alpha value is -2.13. The summed E-state index contributed by atoms with van der Waals surface area (Å²) < 4.78 is 11.2. The monoisotopic (exact) mass is 510 g/mol. The maximum atomic E-state index is 12.0. The maximum absolute atomic E-state index is 12.0. The van der Waals surface area contributed by atoms with E-state index in [1.54, 1.807) is 0 Å². The molecule has 3 rings (SSSR count). The molecule has 1 aliphatic carbocycles. The van der Waals surface area contributed by atoms with Gasteiger partial charge in [-0.15, -0.1) is 0 Å². The van der Waals surface area contributed by atoms with Gasteiger partial charge in [0.1, 0.15) is 26.3 Å². The zero-order valence-corrected chi connectivity index (χ0v) is 19.1. The molecular weight excluding hydrogens is 483 g/mol. The van der Waals surface area contributed by atoms with E-state index in [4.69, 9.17) is 9.47 Å². The number of carbonyl (C=O) groups is 2. The normalized spacial score (nSPS) is 12.4. The Morgan fingerprint density at radius 3 is 2.03 bits per heavy atom. The Balaban J connectivity index is 0.00000300. The van der Waals surface area contributed by atoms with Crippen LogP contribution >= 0.6 is 0 Å². The number of benzene rings is 2. The van der Waals surface area contributed by atoms with E-state index in [1.165, 1.54) is 11.1 Å². The highest BCUT2D eigenvalue weighted by Gasteiger charge is 2.29. The van der Waals surface area contributed by atoms with E-state index in [1.807, 2.05) is 45.4 Å². The lowest BCUT2D eigenvalue weighted by atomic mass is 9.98. The second-order valence-electron chi connectivity index (χ2n) is 7.91. The smallest absolute Gasteiger partial charge is 0.407 e. The number of hydrogen-bond acceptors (Lipinski definition) is 4. The summed E-state index contributed by atoms with van der Waals surface area (Å²) in [4.78, 5) is 23.7. The van der Waals surface area contributed by atoms with E-state index in [0.29, 0.717) is 17.6 Å². The minimum atomic E-state index is -0.620. The van der Waals surface area contributed by atoms with Crippen molar-refractivity contribution in [2.24, 2.45) is 0 Å². The van der Waals surface area contributed by atoms with Gasteiger partial charge >= 0.3 is 12.1 Å². The Kier molecular flexibility index (Phi) is 8.04. The van der Waals surface area contributed by atoms with Crippen LogP contribution in [0.5, 0.6) is 0 Å². The molecule has 1 N–H and O–H groups in total. The standard InChI is InChI=1S/C22H26N2O4.HI/c1-24(2,3)12-13-27-21(25)14-23-22(26)28-15-20-18-10-6-4-8-16(18)17-9-5-7-11-19(17)20;/h4-11,20H,12-15H2,1-3H3;1H. The first-order valence-corrected chi connectivity index (χ1v) is 9.40. The molecule has 156 valence electrons. The molecule has 7 heteroatoms. The van der Waals surface area contributed by atoms with Crippen molar-refractivity contribution in [2.45, 2.75) is 5.92 Å². The van der Waals surface area contributed by atoms with Crippen LogP contribution in [0.3, 0.4) is 0 Å². The van der Waals surface area contributed by atoms with Crippen LogP contribution in [0.15, 0.2) is 48.5 Å². The van der Waals surface area contributed by atoms with E-state index in [-0.39, 0.29) is 43.0 Å². The van der Waals surface area contributed by atoms with Gasteiger partial charge in [-0.3, -0.25) is 4.79 Å². The molecule has 0 spiro atoms. The molecule has 1 amide bonds. The molecule has 0 aliphatic heterocycles. The van der Waals surface area contributed by atoms with E-state index >= 15 is 0 Å². The Labute approximate surface area is 188 Å². The number of nitrogens with one attached hydrogen (secondary N) is 1. The van der Waals surface area contributed by atoms with Gasteiger partial charge in [-0.2, -0.15) is 0 Å². The number of alkyl carbamates (subject to hydrolysis) is 1. The molecule has 0 bridgehead atoms. The lowest BCUT2D eigenvalue weighted by Gasteiger charge is -2.23. The second-order valence-corrected chi connectivity index (χ2v) is 7.91. The van der Waals surface area contributed by atoms with Gasteiger partial charge in [0.05, 0.1) is 21.1 Å². The van der Waals surface area contributed by atoms with Crippen molar-refractivity contribution in [1.29, 1.82) is 0 Å². The first kappa shape index (κ1) is 23.2. The Morgan fingerprint density at radius 2 is 1.48 bits per heavy atom. The SMILES string of the molecule is C[N+](C)(C)CCOC(=O)CNC(=O)OCC1c2ccccc2-c2ccccc21.[I-]. The van der Waals surface area contributed by atoms with Crippen molar-refractivity contribution >= 4 is 12.1 Å². The second kappa shape index (κ2) is 10.1. The fraction of sp³-hybridized carbons (Fsp3) is 0.364.